The molecule has 1 aromatic carbocycles. The fourth-order valence-corrected chi connectivity index (χ4v) is 3.64. The fourth-order valence-electron chi connectivity index (χ4n) is 2.94. The highest BCUT2D eigenvalue weighted by atomic mass is 32.1. The predicted octanol–water partition coefficient (Wildman–Crippen LogP) is 2.42. The molecule has 3 rings (SSSR count). The summed E-state index contributed by atoms with van der Waals surface area (Å²) in [6.45, 7) is 2.51. The Bertz CT molecular complexity index is 609. The normalized spacial score (nSPS) is 18.7. The number of aliphatic hydroxyl groups is 1. The quantitative estimate of drug-likeness (QED) is 0.855. The van der Waals surface area contributed by atoms with Crippen LogP contribution in [0.1, 0.15) is 23.0 Å². The van der Waals surface area contributed by atoms with Gasteiger partial charge in [-0.3, -0.25) is 4.79 Å². The SMILES string of the molecule is O=C(C1CCNC1)N(Cc1ccccc1)CC(O)c1cccs1. The average Bonchev–Trinajstić information content (AvgIpc) is 3.27. The van der Waals surface area contributed by atoms with Crippen LogP contribution in [0.2, 0.25) is 0 Å². The zero-order chi connectivity index (χ0) is 16.1. The van der Waals surface area contributed by atoms with Crippen LogP contribution in [0, 0.1) is 5.92 Å². The maximum absolute atomic E-state index is 12.8. The number of hydrogen-bond donors (Lipinski definition) is 2. The second kappa shape index (κ2) is 7.73. The minimum atomic E-state index is -0.628. The Morgan fingerprint density at radius 1 is 1.30 bits per heavy atom. The molecular formula is C18H22N2O2S. The Hall–Kier alpha value is -1.69. The third kappa shape index (κ3) is 4.19. The highest BCUT2D eigenvalue weighted by Crippen LogP contribution is 2.22. The Kier molecular flexibility index (Phi) is 5.43. The van der Waals surface area contributed by atoms with Gasteiger partial charge in [0, 0.05) is 18.0 Å². The lowest BCUT2D eigenvalue weighted by atomic mass is 10.1. The molecule has 23 heavy (non-hydrogen) atoms. The van der Waals surface area contributed by atoms with Gasteiger partial charge in [0.1, 0.15) is 6.10 Å². The van der Waals surface area contributed by atoms with Crippen molar-refractivity contribution in [2.45, 2.75) is 19.1 Å². The smallest absolute Gasteiger partial charge is 0.227 e. The summed E-state index contributed by atoms with van der Waals surface area (Å²) in [5.41, 5.74) is 1.09. The van der Waals surface area contributed by atoms with Crippen molar-refractivity contribution in [2.24, 2.45) is 5.92 Å². The molecule has 1 aliphatic rings. The first-order valence-electron chi connectivity index (χ1n) is 7.99. The van der Waals surface area contributed by atoms with Gasteiger partial charge in [-0.2, -0.15) is 0 Å². The Morgan fingerprint density at radius 3 is 2.78 bits per heavy atom. The molecule has 1 aromatic heterocycles. The molecule has 1 amide bonds. The molecule has 0 saturated carbocycles. The van der Waals surface area contributed by atoms with Crippen molar-refractivity contribution < 1.29 is 9.90 Å². The van der Waals surface area contributed by atoms with Crippen molar-refractivity contribution in [1.82, 2.24) is 10.2 Å². The van der Waals surface area contributed by atoms with Gasteiger partial charge in [0.15, 0.2) is 0 Å². The van der Waals surface area contributed by atoms with Crippen LogP contribution in [0.25, 0.3) is 0 Å². The van der Waals surface area contributed by atoms with Gasteiger partial charge in [-0.25, -0.2) is 0 Å². The zero-order valence-electron chi connectivity index (χ0n) is 13.0. The summed E-state index contributed by atoms with van der Waals surface area (Å²) in [7, 11) is 0. The van der Waals surface area contributed by atoms with Crippen LogP contribution >= 0.6 is 11.3 Å². The number of carbonyl (C=O) groups is 1. The van der Waals surface area contributed by atoms with E-state index in [1.807, 2.05) is 47.8 Å². The third-order valence-electron chi connectivity index (χ3n) is 4.20. The molecule has 4 nitrogen and oxygen atoms in total. The molecule has 0 radical (unpaired) electrons. The van der Waals surface area contributed by atoms with Crippen molar-refractivity contribution in [1.29, 1.82) is 0 Å². The van der Waals surface area contributed by atoms with Gasteiger partial charge >= 0.3 is 0 Å². The first-order chi connectivity index (χ1) is 11.2. The number of rotatable bonds is 6. The molecule has 2 atom stereocenters. The lowest BCUT2D eigenvalue weighted by molar-refractivity contribution is -0.137. The Morgan fingerprint density at radius 2 is 2.13 bits per heavy atom. The number of benzene rings is 1. The Labute approximate surface area is 140 Å². The molecule has 2 aromatic rings. The van der Waals surface area contributed by atoms with Crippen molar-refractivity contribution in [3.8, 4) is 0 Å². The van der Waals surface area contributed by atoms with E-state index < -0.39 is 6.10 Å². The molecule has 0 bridgehead atoms. The third-order valence-corrected chi connectivity index (χ3v) is 5.18. The zero-order valence-corrected chi connectivity index (χ0v) is 13.8. The van der Waals surface area contributed by atoms with Gasteiger partial charge in [0.05, 0.1) is 12.5 Å². The molecule has 0 aliphatic carbocycles. The summed E-state index contributed by atoms with van der Waals surface area (Å²) < 4.78 is 0. The summed E-state index contributed by atoms with van der Waals surface area (Å²) in [6, 6.07) is 13.8. The largest absolute Gasteiger partial charge is 0.386 e. The fraction of sp³-hybridized carbons (Fsp3) is 0.389. The van der Waals surface area contributed by atoms with Gasteiger partial charge in [0.25, 0.3) is 0 Å². The molecule has 2 heterocycles. The van der Waals surface area contributed by atoms with Crippen molar-refractivity contribution in [2.75, 3.05) is 19.6 Å². The van der Waals surface area contributed by atoms with E-state index in [-0.39, 0.29) is 11.8 Å². The van der Waals surface area contributed by atoms with Gasteiger partial charge < -0.3 is 15.3 Å². The number of amides is 1. The van der Waals surface area contributed by atoms with Gasteiger partial charge in [-0.15, -0.1) is 11.3 Å². The van der Waals surface area contributed by atoms with Crippen LogP contribution in [0.3, 0.4) is 0 Å². The minimum absolute atomic E-state index is 0.0225. The maximum atomic E-state index is 12.8. The van der Waals surface area contributed by atoms with Gasteiger partial charge in [-0.1, -0.05) is 36.4 Å². The van der Waals surface area contributed by atoms with Crippen LogP contribution in [-0.4, -0.2) is 35.5 Å². The van der Waals surface area contributed by atoms with E-state index in [0.29, 0.717) is 13.1 Å². The average molecular weight is 330 g/mol. The summed E-state index contributed by atoms with van der Waals surface area (Å²) in [4.78, 5) is 15.5. The number of thiophene rings is 1. The summed E-state index contributed by atoms with van der Waals surface area (Å²) >= 11 is 1.52. The molecule has 0 spiro atoms. The van der Waals surface area contributed by atoms with E-state index in [1.165, 1.54) is 11.3 Å². The lowest BCUT2D eigenvalue weighted by Crippen LogP contribution is -2.39. The first-order valence-corrected chi connectivity index (χ1v) is 8.87. The summed E-state index contributed by atoms with van der Waals surface area (Å²) in [5.74, 6) is 0.156. The number of nitrogens with one attached hydrogen (secondary N) is 1. The molecule has 2 N–H and O–H groups in total. The molecular weight excluding hydrogens is 308 g/mol. The monoisotopic (exact) mass is 330 g/mol. The number of hydrogen-bond acceptors (Lipinski definition) is 4. The highest BCUT2D eigenvalue weighted by molar-refractivity contribution is 7.10. The van der Waals surface area contributed by atoms with E-state index in [9.17, 15) is 9.90 Å². The van der Waals surface area contributed by atoms with E-state index >= 15 is 0 Å². The molecule has 1 aliphatic heterocycles. The standard InChI is InChI=1S/C18H22N2O2S/c21-16(17-7-4-10-23-17)13-20(12-14-5-2-1-3-6-14)18(22)15-8-9-19-11-15/h1-7,10,15-16,19,21H,8-9,11-13H2. The summed E-state index contributed by atoms with van der Waals surface area (Å²) in [5, 5.41) is 15.6. The first kappa shape index (κ1) is 16.2. The van der Waals surface area contributed by atoms with E-state index in [1.54, 1.807) is 4.90 Å². The molecule has 122 valence electrons. The topological polar surface area (TPSA) is 52.6 Å². The lowest BCUT2D eigenvalue weighted by Gasteiger charge is -2.27. The van der Waals surface area contributed by atoms with Crippen LogP contribution in [0.15, 0.2) is 47.8 Å². The highest BCUT2D eigenvalue weighted by Gasteiger charge is 2.28. The predicted molar refractivity (Wildman–Crippen MR) is 92.1 cm³/mol. The summed E-state index contributed by atoms with van der Waals surface area (Å²) in [6.07, 6.45) is 0.246. The van der Waals surface area contributed by atoms with Gasteiger partial charge in [0.2, 0.25) is 5.91 Å². The van der Waals surface area contributed by atoms with Crippen LogP contribution < -0.4 is 5.32 Å². The second-order valence-corrected chi connectivity index (χ2v) is 6.90. The minimum Gasteiger partial charge on any atom is -0.386 e. The van der Waals surface area contributed by atoms with E-state index in [0.717, 1.165) is 30.0 Å². The van der Waals surface area contributed by atoms with Crippen molar-refractivity contribution >= 4 is 17.2 Å². The second-order valence-electron chi connectivity index (χ2n) is 5.93. The van der Waals surface area contributed by atoms with E-state index in [2.05, 4.69) is 5.32 Å². The van der Waals surface area contributed by atoms with E-state index in [4.69, 9.17) is 0 Å². The van der Waals surface area contributed by atoms with Gasteiger partial charge in [-0.05, 0) is 30.0 Å². The van der Waals surface area contributed by atoms with Crippen LogP contribution in [0.5, 0.6) is 0 Å². The van der Waals surface area contributed by atoms with Crippen molar-refractivity contribution in [3.05, 3.63) is 58.3 Å². The number of carbonyl (C=O) groups excluding carboxylic acids is 1. The van der Waals surface area contributed by atoms with Crippen LogP contribution in [-0.2, 0) is 11.3 Å². The Balaban J connectivity index is 1.73. The molecule has 1 saturated heterocycles. The van der Waals surface area contributed by atoms with Crippen molar-refractivity contribution in [3.63, 3.8) is 0 Å². The number of nitrogens with zero attached hydrogens (tertiary/aromatic N) is 1. The molecule has 1 fully saturated rings. The van der Waals surface area contributed by atoms with Crippen LogP contribution in [0.4, 0.5) is 0 Å². The molecule has 2 unspecified atom stereocenters. The number of aliphatic hydroxyl groups excluding tert-OH is 1. The molecule has 5 heteroatoms. The maximum Gasteiger partial charge on any atom is 0.227 e.